The SMILES string of the molecule is C[Si](C)(C)CCOCn1nc(CO)cc1-c1ccccc1. The van der Waals surface area contributed by atoms with Crippen molar-refractivity contribution in [2.45, 2.75) is 39.0 Å². The van der Waals surface area contributed by atoms with E-state index in [4.69, 9.17) is 4.74 Å². The van der Waals surface area contributed by atoms with Gasteiger partial charge in [-0.05, 0) is 17.7 Å². The van der Waals surface area contributed by atoms with Crippen molar-refractivity contribution in [2.75, 3.05) is 6.61 Å². The molecule has 2 aromatic rings. The maximum atomic E-state index is 9.29. The molecule has 2 rings (SSSR count). The van der Waals surface area contributed by atoms with Crippen LogP contribution in [0.4, 0.5) is 0 Å². The third kappa shape index (κ3) is 4.80. The first-order valence-corrected chi connectivity index (χ1v) is 11.0. The molecule has 1 heterocycles. The lowest BCUT2D eigenvalue weighted by Crippen LogP contribution is -2.22. The van der Waals surface area contributed by atoms with Gasteiger partial charge in [0.15, 0.2) is 0 Å². The van der Waals surface area contributed by atoms with E-state index in [2.05, 4.69) is 24.7 Å². The van der Waals surface area contributed by atoms with E-state index in [1.165, 1.54) is 0 Å². The van der Waals surface area contributed by atoms with Crippen molar-refractivity contribution in [2.24, 2.45) is 0 Å². The molecule has 0 aliphatic carbocycles. The largest absolute Gasteiger partial charge is 0.390 e. The minimum atomic E-state index is -1.07. The van der Waals surface area contributed by atoms with Crippen molar-refractivity contribution in [3.8, 4) is 11.3 Å². The van der Waals surface area contributed by atoms with Gasteiger partial charge >= 0.3 is 0 Å². The number of ether oxygens (including phenoxy) is 1. The summed E-state index contributed by atoms with van der Waals surface area (Å²) in [5.41, 5.74) is 2.73. The zero-order valence-electron chi connectivity index (χ0n) is 13.0. The van der Waals surface area contributed by atoms with Gasteiger partial charge in [0.2, 0.25) is 0 Å². The zero-order valence-corrected chi connectivity index (χ0v) is 14.0. The highest BCUT2D eigenvalue weighted by molar-refractivity contribution is 6.76. The van der Waals surface area contributed by atoms with Crippen LogP contribution in [0.25, 0.3) is 11.3 Å². The number of hydrogen-bond donors (Lipinski definition) is 1. The first kappa shape index (κ1) is 15.9. The van der Waals surface area contributed by atoms with E-state index in [0.717, 1.165) is 23.9 Å². The second kappa shape index (κ2) is 7.02. The number of aliphatic hydroxyl groups excluding tert-OH is 1. The number of rotatable bonds is 7. The van der Waals surface area contributed by atoms with E-state index in [1.54, 1.807) is 0 Å². The van der Waals surface area contributed by atoms with Gasteiger partial charge in [-0.15, -0.1) is 0 Å². The molecule has 1 aromatic heterocycles. The minimum Gasteiger partial charge on any atom is -0.390 e. The van der Waals surface area contributed by atoms with Crippen LogP contribution < -0.4 is 0 Å². The number of nitrogens with zero attached hydrogens (tertiary/aromatic N) is 2. The molecule has 0 aliphatic rings. The summed E-state index contributed by atoms with van der Waals surface area (Å²) in [4.78, 5) is 0. The Bertz CT molecular complexity index is 561. The smallest absolute Gasteiger partial charge is 0.140 e. The van der Waals surface area contributed by atoms with Crippen LogP contribution in [-0.4, -0.2) is 29.6 Å². The van der Waals surface area contributed by atoms with Gasteiger partial charge in [0.05, 0.1) is 18.0 Å². The molecule has 114 valence electrons. The lowest BCUT2D eigenvalue weighted by molar-refractivity contribution is 0.0790. The molecule has 0 radical (unpaired) electrons. The fourth-order valence-corrected chi connectivity index (χ4v) is 2.77. The van der Waals surface area contributed by atoms with Crippen molar-refractivity contribution in [3.63, 3.8) is 0 Å². The second-order valence-electron chi connectivity index (χ2n) is 6.39. The normalized spacial score (nSPS) is 11.8. The van der Waals surface area contributed by atoms with Crippen molar-refractivity contribution < 1.29 is 9.84 Å². The van der Waals surface area contributed by atoms with Gasteiger partial charge in [-0.3, -0.25) is 0 Å². The fourth-order valence-electron chi connectivity index (χ4n) is 2.02. The van der Waals surface area contributed by atoms with E-state index >= 15 is 0 Å². The van der Waals surface area contributed by atoms with Crippen LogP contribution in [0.1, 0.15) is 5.69 Å². The lowest BCUT2D eigenvalue weighted by Gasteiger charge is -2.15. The molecule has 0 saturated heterocycles. The quantitative estimate of drug-likeness (QED) is 0.630. The van der Waals surface area contributed by atoms with E-state index in [9.17, 15) is 5.11 Å². The summed E-state index contributed by atoms with van der Waals surface area (Å²) in [6.45, 7) is 8.14. The molecule has 1 N–H and O–H groups in total. The Kier molecular flexibility index (Phi) is 5.33. The van der Waals surface area contributed by atoms with E-state index < -0.39 is 8.07 Å². The summed E-state index contributed by atoms with van der Waals surface area (Å²) in [7, 11) is -1.07. The summed E-state index contributed by atoms with van der Waals surface area (Å²) in [5.74, 6) is 0. The van der Waals surface area contributed by atoms with Crippen LogP contribution in [0, 0.1) is 0 Å². The molecule has 0 aliphatic heterocycles. The summed E-state index contributed by atoms with van der Waals surface area (Å²) in [6, 6.07) is 13.1. The molecule has 4 nitrogen and oxygen atoms in total. The average molecular weight is 304 g/mol. The van der Waals surface area contributed by atoms with Gasteiger partial charge in [-0.1, -0.05) is 50.0 Å². The first-order valence-electron chi connectivity index (χ1n) is 7.30. The summed E-state index contributed by atoms with van der Waals surface area (Å²) in [6.07, 6.45) is 0. The molecule has 0 unspecified atom stereocenters. The van der Waals surface area contributed by atoms with Crippen LogP contribution in [0.3, 0.4) is 0 Å². The molecule has 5 heteroatoms. The Labute approximate surface area is 127 Å². The standard InChI is InChI=1S/C16H24N2O2Si/c1-21(2,3)10-9-20-13-18-16(11-15(12-19)17-18)14-7-5-4-6-8-14/h4-8,11,19H,9-10,12-13H2,1-3H3. The highest BCUT2D eigenvalue weighted by Gasteiger charge is 2.13. The molecule has 0 fully saturated rings. The van der Waals surface area contributed by atoms with Crippen LogP contribution in [-0.2, 0) is 18.1 Å². The predicted molar refractivity (Wildman–Crippen MR) is 87.7 cm³/mol. The van der Waals surface area contributed by atoms with E-state index in [0.29, 0.717) is 12.4 Å². The molecular formula is C16H24N2O2Si. The molecule has 0 spiro atoms. The topological polar surface area (TPSA) is 47.3 Å². The maximum Gasteiger partial charge on any atom is 0.140 e. The zero-order chi connectivity index (χ0) is 15.3. The van der Waals surface area contributed by atoms with Crippen molar-refractivity contribution in [1.29, 1.82) is 0 Å². The molecule has 1 aromatic carbocycles. The summed E-state index contributed by atoms with van der Waals surface area (Å²) in [5, 5.41) is 13.7. The molecule has 0 saturated carbocycles. The molecule has 0 atom stereocenters. The molecular weight excluding hydrogens is 280 g/mol. The van der Waals surface area contributed by atoms with Gasteiger partial charge < -0.3 is 9.84 Å². The van der Waals surface area contributed by atoms with Crippen LogP contribution >= 0.6 is 0 Å². The third-order valence-electron chi connectivity index (χ3n) is 3.27. The monoisotopic (exact) mass is 304 g/mol. The van der Waals surface area contributed by atoms with Crippen molar-refractivity contribution >= 4 is 8.07 Å². The van der Waals surface area contributed by atoms with Crippen LogP contribution in [0.5, 0.6) is 0 Å². The average Bonchev–Trinajstić information content (AvgIpc) is 2.87. The van der Waals surface area contributed by atoms with Crippen molar-refractivity contribution in [1.82, 2.24) is 9.78 Å². The number of aromatic nitrogens is 2. The Balaban J connectivity index is 2.07. The van der Waals surface area contributed by atoms with Gasteiger partial charge in [0, 0.05) is 14.7 Å². The number of benzene rings is 1. The lowest BCUT2D eigenvalue weighted by atomic mass is 10.1. The Morgan fingerprint density at radius 2 is 1.90 bits per heavy atom. The Morgan fingerprint density at radius 1 is 1.19 bits per heavy atom. The van der Waals surface area contributed by atoms with Crippen LogP contribution in [0.15, 0.2) is 36.4 Å². The highest BCUT2D eigenvalue weighted by Crippen LogP contribution is 2.20. The van der Waals surface area contributed by atoms with Gasteiger partial charge in [-0.25, -0.2) is 4.68 Å². The Morgan fingerprint density at radius 3 is 2.52 bits per heavy atom. The maximum absolute atomic E-state index is 9.29. The summed E-state index contributed by atoms with van der Waals surface area (Å²) >= 11 is 0. The van der Waals surface area contributed by atoms with Gasteiger partial charge in [-0.2, -0.15) is 5.10 Å². The first-order chi connectivity index (χ1) is 9.99. The van der Waals surface area contributed by atoms with Gasteiger partial charge in [0.25, 0.3) is 0 Å². The highest BCUT2D eigenvalue weighted by atomic mass is 28.3. The number of aliphatic hydroxyl groups is 1. The van der Waals surface area contributed by atoms with Crippen LogP contribution in [0.2, 0.25) is 25.7 Å². The summed E-state index contributed by atoms with van der Waals surface area (Å²) < 4.78 is 7.59. The van der Waals surface area contributed by atoms with Gasteiger partial charge in [0.1, 0.15) is 6.73 Å². The number of hydrogen-bond acceptors (Lipinski definition) is 3. The van der Waals surface area contributed by atoms with E-state index in [-0.39, 0.29) is 6.61 Å². The molecule has 0 amide bonds. The molecule has 21 heavy (non-hydrogen) atoms. The second-order valence-corrected chi connectivity index (χ2v) is 12.0. The Hall–Kier alpha value is -1.43. The minimum absolute atomic E-state index is 0.0538. The van der Waals surface area contributed by atoms with Crippen molar-refractivity contribution in [3.05, 3.63) is 42.1 Å². The van der Waals surface area contributed by atoms with E-state index in [1.807, 2.05) is 41.1 Å². The molecule has 0 bridgehead atoms. The predicted octanol–water partition coefficient (Wildman–Crippen LogP) is 3.35. The third-order valence-corrected chi connectivity index (χ3v) is 4.98. The fraction of sp³-hybridized carbons (Fsp3) is 0.438.